The van der Waals surface area contributed by atoms with Gasteiger partial charge < -0.3 is 4.90 Å². The van der Waals surface area contributed by atoms with Crippen LogP contribution < -0.4 is 4.90 Å². The van der Waals surface area contributed by atoms with E-state index in [0.29, 0.717) is 22.3 Å². The van der Waals surface area contributed by atoms with E-state index < -0.39 is 11.7 Å². The van der Waals surface area contributed by atoms with E-state index in [4.69, 9.17) is 0 Å². The minimum absolute atomic E-state index is 0.457. The van der Waals surface area contributed by atoms with Crippen LogP contribution in [-0.4, -0.2) is 27.7 Å². The lowest BCUT2D eigenvalue weighted by Crippen LogP contribution is -2.19. The molecule has 1 fully saturated rings. The van der Waals surface area contributed by atoms with E-state index in [1.165, 1.54) is 17.4 Å². The van der Waals surface area contributed by atoms with Crippen molar-refractivity contribution in [2.45, 2.75) is 25.1 Å². The Kier molecular flexibility index (Phi) is 3.12. The largest absolute Gasteiger partial charge is 0.416 e. The number of benzene rings is 1. The van der Waals surface area contributed by atoms with Crippen LogP contribution in [0.3, 0.4) is 0 Å². The summed E-state index contributed by atoms with van der Waals surface area (Å²) in [7, 11) is 1.99. The fourth-order valence-corrected chi connectivity index (χ4v) is 3.40. The van der Waals surface area contributed by atoms with E-state index in [-0.39, 0.29) is 0 Å². The van der Waals surface area contributed by atoms with Gasteiger partial charge in [0.2, 0.25) is 10.1 Å². The number of imidazole rings is 1. The molecule has 1 saturated carbocycles. The van der Waals surface area contributed by atoms with Gasteiger partial charge in [0.25, 0.3) is 0 Å². The molecule has 4 nitrogen and oxygen atoms in total. The fourth-order valence-electron chi connectivity index (χ4n) is 2.49. The molecule has 0 saturated heterocycles. The van der Waals surface area contributed by atoms with Crippen LogP contribution in [0.4, 0.5) is 18.3 Å². The van der Waals surface area contributed by atoms with Crippen LogP contribution in [0, 0.1) is 0 Å². The number of halogens is 3. The van der Waals surface area contributed by atoms with E-state index in [2.05, 4.69) is 15.0 Å². The molecule has 2 aromatic heterocycles. The van der Waals surface area contributed by atoms with Crippen molar-refractivity contribution >= 4 is 21.4 Å². The topological polar surface area (TPSA) is 33.4 Å². The van der Waals surface area contributed by atoms with Crippen molar-refractivity contribution in [3.05, 3.63) is 36.0 Å². The van der Waals surface area contributed by atoms with E-state index in [1.807, 2.05) is 7.05 Å². The summed E-state index contributed by atoms with van der Waals surface area (Å²) in [6.45, 7) is 0. The first-order chi connectivity index (χ1) is 10.9. The Morgan fingerprint density at radius 3 is 2.78 bits per heavy atom. The lowest BCUT2D eigenvalue weighted by atomic mass is 10.1. The third kappa shape index (κ3) is 2.56. The second-order valence-electron chi connectivity index (χ2n) is 5.64. The Labute approximate surface area is 134 Å². The Balaban J connectivity index is 1.77. The Bertz CT molecular complexity index is 863. The average molecular weight is 338 g/mol. The van der Waals surface area contributed by atoms with E-state index in [1.54, 1.807) is 16.8 Å². The summed E-state index contributed by atoms with van der Waals surface area (Å²) in [6, 6.07) is 5.76. The molecular formula is C15H13F3N4S. The number of aromatic nitrogens is 3. The maximum Gasteiger partial charge on any atom is 0.416 e. The summed E-state index contributed by atoms with van der Waals surface area (Å²) in [4.78, 5) is 7.07. The number of hydrogen-bond donors (Lipinski definition) is 0. The maximum absolute atomic E-state index is 12.9. The molecule has 2 heterocycles. The van der Waals surface area contributed by atoms with Crippen molar-refractivity contribution in [3.63, 3.8) is 0 Å². The Hall–Kier alpha value is -2.09. The Morgan fingerprint density at radius 1 is 1.30 bits per heavy atom. The summed E-state index contributed by atoms with van der Waals surface area (Å²) in [5.74, 6) is 0. The first-order valence-corrected chi connectivity index (χ1v) is 8.00. The number of alkyl halides is 3. The van der Waals surface area contributed by atoms with Gasteiger partial charge in [-0.2, -0.15) is 13.2 Å². The van der Waals surface area contributed by atoms with Gasteiger partial charge in [-0.15, -0.1) is 5.10 Å². The fraction of sp³-hybridized carbons (Fsp3) is 0.333. The van der Waals surface area contributed by atoms with Crippen molar-refractivity contribution in [2.75, 3.05) is 11.9 Å². The first kappa shape index (κ1) is 14.5. The molecule has 23 heavy (non-hydrogen) atoms. The molecule has 0 unspecified atom stereocenters. The normalized spacial score (nSPS) is 15.3. The third-order valence-electron chi connectivity index (χ3n) is 3.96. The van der Waals surface area contributed by atoms with Gasteiger partial charge in [0.05, 0.1) is 17.5 Å². The monoisotopic (exact) mass is 338 g/mol. The number of fused-ring (bicyclic) bond motifs is 1. The first-order valence-electron chi connectivity index (χ1n) is 7.18. The standard InChI is InChI=1S/C15H13F3N4S/c1-21(11-5-6-11)14-20-22-12(8-19-13(22)23-14)9-3-2-4-10(7-9)15(16,17)18/h2-4,7-8,11H,5-6H2,1H3. The molecule has 0 radical (unpaired) electrons. The molecule has 1 aromatic carbocycles. The van der Waals surface area contributed by atoms with Gasteiger partial charge in [-0.1, -0.05) is 23.5 Å². The number of hydrogen-bond acceptors (Lipinski definition) is 4. The maximum atomic E-state index is 12.9. The third-order valence-corrected chi connectivity index (χ3v) is 4.97. The van der Waals surface area contributed by atoms with Crippen LogP contribution in [0.25, 0.3) is 16.2 Å². The molecule has 8 heteroatoms. The van der Waals surface area contributed by atoms with Crippen LogP contribution in [0.2, 0.25) is 0 Å². The highest BCUT2D eigenvalue weighted by atomic mass is 32.1. The summed E-state index contributed by atoms with van der Waals surface area (Å²) < 4.78 is 40.3. The van der Waals surface area contributed by atoms with Gasteiger partial charge >= 0.3 is 6.18 Å². The molecule has 1 aliphatic rings. The molecule has 0 atom stereocenters. The average Bonchev–Trinajstić information content (AvgIpc) is 3.15. The quantitative estimate of drug-likeness (QED) is 0.722. The van der Waals surface area contributed by atoms with Crippen molar-refractivity contribution in [2.24, 2.45) is 0 Å². The van der Waals surface area contributed by atoms with Gasteiger partial charge in [0.15, 0.2) is 0 Å². The van der Waals surface area contributed by atoms with Crippen molar-refractivity contribution in [1.29, 1.82) is 0 Å². The van der Waals surface area contributed by atoms with Crippen LogP contribution in [0.15, 0.2) is 30.5 Å². The van der Waals surface area contributed by atoms with E-state index >= 15 is 0 Å². The molecule has 0 amide bonds. The van der Waals surface area contributed by atoms with Crippen molar-refractivity contribution < 1.29 is 13.2 Å². The second-order valence-corrected chi connectivity index (χ2v) is 6.58. The molecule has 1 aliphatic carbocycles. The van der Waals surface area contributed by atoms with E-state index in [0.717, 1.165) is 30.1 Å². The number of rotatable bonds is 3. The smallest absolute Gasteiger partial charge is 0.347 e. The molecule has 0 aliphatic heterocycles. The zero-order valence-corrected chi connectivity index (χ0v) is 13.0. The van der Waals surface area contributed by atoms with Gasteiger partial charge in [0, 0.05) is 18.7 Å². The SMILES string of the molecule is CN(c1nn2c(-c3cccc(C(F)(F)F)c3)cnc2s1)C1CC1. The molecule has 0 spiro atoms. The Morgan fingerprint density at radius 2 is 2.09 bits per heavy atom. The number of anilines is 1. The molecular weight excluding hydrogens is 325 g/mol. The van der Waals surface area contributed by atoms with Gasteiger partial charge in [0.1, 0.15) is 0 Å². The predicted octanol–water partition coefficient (Wildman–Crippen LogP) is 4.08. The van der Waals surface area contributed by atoms with Gasteiger partial charge in [-0.3, -0.25) is 0 Å². The van der Waals surface area contributed by atoms with Gasteiger partial charge in [-0.25, -0.2) is 9.50 Å². The van der Waals surface area contributed by atoms with Crippen LogP contribution in [0.1, 0.15) is 18.4 Å². The zero-order chi connectivity index (χ0) is 16.2. The van der Waals surface area contributed by atoms with Crippen LogP contribution in [0.5, 0.6) is 0 Å². The highest BCUT2D eigenvalue weighted by molar-refractivity contribution is 7.20. The molecule has 4 rings (SSSR count). The van der Waals surface area contributed by atoms with E-state index in [9.17, 15) is 13.2 Å². The lowest BCUT2D eigenvalue weighted by molar-refractivity contribution is -0.137. The highest BCUT2D eigenvalue weighted by Crippen LogP contribution is 2.35. The predicted molar refractivity (Wildman–Crippen MR) is 82.7 cm³/mol. The van der Waals surface area contributed by atoms with Crippen LogP contribution in [-0.2, 0) is 6.18 Å². The summed E-state index contributed by atoms with van der Waals surface area (Å²) in [5.41, 5.74) is 0.353. The van der Waals surface area contributed by atoms with Crippen molar-refractivity contribution in [3.8, 4) is 11.3 Å². The molecule has 0 N–H and O–H groups in total. The zero-order valence-electron chi connectivity index (χ0n) is 12.2. The van der Waals surface area contributed by atoms with Crippen LogP contribution >= 0.6 is 11.3 Å². The number of nitrogens with zero attached hydrogens (tertiary/aromatic N) is 4. The molecule has 0 bridgehead atoms. The molecule has 120 valence electrons. The minimum Gasteiger partial charge on any atom is -0.347 e. The summed E-state index contributed by atoms with van der Waals surface area (Å²) in [5, 5.41) is 5.36. The lowest BCUT2D eigenvalue weighted by Gasteiger charge is -2.12. The minimum atomic E-state index is -4.36. The molecule has 3 aromatic rings. The second kappa shape index (κ2) is 4.95. The highest BCUT2D eigenvalue weighted by Gasteiger charge is 2.31. The van der Waals surface area contributed by atoms with Gasteiger partial charge in [-0.05, 0) is 25.0 Å². The van der Waals surface area contributed by atoms with Crippen molar-refractivity contribution in [1.82, 2.24) is 14.6 Å². The summed E-state index contributed by atoms with van der Waals surface area (Å²) in [6.07, 6.45) is -0.494. The summed E-state index contributed by atoms with van der Waals surface area (Å²) >= 11 is 1.44.